The van der Waals surface area contributed by atoms with Crippen molar-refractivity contribution in [1.29, 1.82) is 0 Å². The van der Waals surface area contributed by atoms with Gasteiger partial charge >= 0.3 is 6.03 Å². The van der Waals surface area contributed by atoms with Gasteiger partial charge in [0.1, 0.15) is 0 Å². The van der Waals surface area contributed by atoms with Crippen LogP contribution >= 0.6 is 23.2 Å². The molecule has 0 bridgehead atoms. The second kappa shape index (κ2) is 5.78. The second-order valence-corrected chi connectivity index (χ2v) is 5.11. The molecule has 1 aliphatic rings. The van der Waals surface area contributed by atoms with Gasteiger partial charge in [-0.15, -0.1) is 0 Å². The zero-order valence-electron chi connectivity index (χ0n) is 9.90. The molecule has 0 aliphatic carbocycles. The van der Waals surface area contributed by atoms with Crippen molar-refractivity contribution in [3.63, 3.8) is 0 Å². The smallest absolute Gasteiger partial charge is 0.323 e. The predicted octanol–water partition coefficient (Wildman–Crippen LogP) is 3.28. The number of piperidine rings is 1. The van der Waals surface area contributed by atoms with Crippen molar-refractivity contribution in [2.75, 3.05) is 18.1 Å². The Morgan fingerprint density at radius 2 is 1.83 bits per heavy atom. The molecule has 6 heteroatoms. The fourth-order valence-corrected chi connectivity index (χ4v) is 2.28. The van der Waals surface area contributed by atoms with E-state index in [2.05, 4.69) is 0 Å². The number of hydrogen-bond acceptors (Lipinski definition) is 2. The Kier molecular flexibility index (Phi) is 4.32. The average molecular weight is 288 g/mol. The van der Waals surface area contributed by atoms with Gasteiger partial charge < -0.3 is 4.90 Å². The molecule has 4 nitrogen and oxygen atoms in total. The molecule has 1 heterocycles. The van der Waals surface area contributed by atoms with Crippen molar-refractivity contribution in [3.8, 4) is 0 Å². The van der Waals surface area contributed by atoms with Crippen LogP contribution in [0.3, 0.4) is 0 Å². The predicted molar refractivity (Wildman–Crippen MR) is 73.9 cm³/mol. The number of nitrogens with two attached hydrogens (primary N) is 1. The number of likely N-dealkylation sites (tertiary alicyclic amines) is 1. The van der Waals surface area contributed by atoms with Gasteiger partial charge in [0.25, 0.3) is 0 Å². The van der Waals surface area contributed by atoms with E-state index in [0.717, 1.165) is 30.9 Å². The van der Waals surface area contributed by atoms with Gasteiger partial charge in [-0.25, -0.2) is 15.6 Å². The van der Waals surface area contributed by atoms with Gasteiger partial charge in [0.05, 0.1) is 15.7 Å². The molecule has 1 aromatic carbocycles. The number of anilines is 1. The van der Waals surface area contributed by atoms with Crippen LogP contribution in [-0.2, 0) is 0 Å². The lowest BCUT2D eigenvalue weighted by Crippen LogP contribution is -2.49. The molecule has 0 aromatic heterocycles. The van der Waals surface area contributed by atoms with Gasteiger partial charge in [0.15, 0.2) is 0 Å². The van der Waals surface area contributed by atoms with Crippen molar-refractivity contribution >= 4 is 34.9 Å². The standard InChI is InChI=1S/C12H15Cl2N3O/c13-10-5-4-9(8-11(10)14)17(15)12(18)16-6-2-1-3-7-16/h4-5,8H,1-3,6-7,15H2. The minimum Gasteiger partial charge on any atom is -0.323 e. The zero-order valence-corrected chi connectivity index (χ0v) is 11.4. The number of carbonyl (C=O) groups is 1. The molecule has 1 fully saturated rings. The van der Waals surface area contributed by atoms with Crippen molar-refractivity contribution in [2.45, 2.75) is 19.3 Å². The molecule has 18 heavy (non-hydrogen) atoms. The molecule has 1 aromatic rings. The van der Waals surface area contributed by atoms with E-state index in [-0.39, 0.29) is 6.03 Å². The van der Waals surface area contributed by atoms with E-state index in [1.807, 2.05) is 0 Å². The Bertz CT molecular complexity index is 447. The Morgan fingerprint density at radius 1 is 1.17 bits per heavy atom. The number of carbonyl (C=O) groups excluding carboxylic acids is 1. The SMILES string of the molecule is NN(C(=O)N1CCCCC1)c1ccc(Cl)c(Cl)c1. The first-order chi connectivity index (χ1) is 8.59. The molecular formula is C12H15Cl2N3O. The number of hydrogen-bond donors (Lipinski definition) is 1. The van der Waals surface area contributed by atoms with E-state index in [0.29, 0.717) is 15.7 Å². The Balaban J connectivity index is 2.11. The summed E-state index contributed by atoms with van der Waals surface area (Å²) >= 11 is 11.7. The molecule has 2 rings (SSSR count). The zero-order chi connectivity index (χ0) is 13.1. The van der Waals surface area contributed by atoms with E-state index < -0.39 is 0 Å². The van der Waals surface area contributed by atoms with E-state index in [4.69, 9.17) is 29.0 Å². The van der Waals surface area contributed by atoms with Crippen molar-refractivity contribution in [1.82, 2.24) is 4.90 Å². The lowest BCUT2D eigenvalue weighted by Gasteiger charge is -2.30. The number of urea groups is 1. The van der Waals surface area contributed by atoms with E-state index in [1.165, 1.54) is 6.42 Å². The number of rotatable bonds is 1. The Labute approximate surface area is 116 Å². The number of benzene rings is 1. The van der Waals surface area contributed by atoms with Crippen LogP contribution in [0.4, 0.5) is 10.5 Å². The first kappa shape index (κ1) is 13.5. The molecule has 98 valence electrons. The summed E-state index contributed by atoms with van der Waals surface area (Å²) in [5, 5.41) is 1.95. The third-order valence-electron chi connectivity index (χ3n) is 3.01. The molecular weight excluding hydrogens is 273 g/mol. The van der Waals surface area contributed by atoms with Gasteiger partial charge in [-0.05, 0) is 37.5 Å². The van der Waals surface area contributed by atoms with Gasteiger partial charge in [0, 0.05) is 13.1 Å². The topological polar surface area (TPSA) is 49.6 Å². The number of amides is 2. The molecule has 2 N–H and O–H groups in total. The van der Waals surface area contributed by atoms with Gasteiger partial charge in [-0.2, -0.15) is 0 Å². The largest absolute Gasteiger partial charge is 0.338 e. The molecule has 0 unspecified atom stereocenters. The quantitative estimate of drug-likeness (QED) is 0.490. The van der Waals surface area contributed by atoms with Gasteiger partial charge in [0.2, 0.25) is 0 Å². The first-order valence-corrected chi connectivity index (χ1v) is 6.64. The third kappa shape index (κ3) is 2.88. The highest BCUT2D eigenvalue weighted by Gasteiger charge is 2.21. The first-order valence-electron chi connectivity index (χ1n) is 5.88. The minimum atomic E-state index is -0.201. The van der Waals surface area contributed by atoms with Crippen LogP contribution in [0, 0.1) is 0 Å². The Hall–Kier alpha value is -0.970. The summed E-state index contributed by atoms with van der Waals surface area (Å²) < 4.78 is 0. The lowest BCUT2D eigenvalue weighted by atomic mass is 10.1. The summed E-state index contributed by atoms with van der Waals surface area (Å²) in [4.78, 5) is 13.9. The lowest BCUT2D eigenvalue weighted by molar-refractivity contribution is 0.193. The van der Waals surface area contributed by atoms with Crippen molar-refractivity contribution in [3.05, 3.63) is 28.2 Å². The second-order valence-electron chi connectivity index (χ2n) is 4.30. The van der Waals surface area contributed by atoms with Crippen LogP contribution in [0.2, 0.25) is 10.0 Å². The minimum absolute atomic E-state index is 0.201. The van der Waals surface area contributed by atoms with Crippen molar-refractivity contribution in [2.24, 2.45) is 5.84 Å². The summed E-state index contributed by atoms with van der Waals surface area (Å²) in [6.45, 7) is 1.52. The van der Waals surface area contributed by atoms with Crippen molar-refractivity contribution < 1.29 is 4.79 Å². The summed E-state index contributed by atoms with van der Waals surface area (Å²) in [5.41, 5.74) is 0.542. The summed E-state index contributed by atoms with van der Waals surface area (Å²) in [7, 11) is 0. The average Bonchev–Trinajstić information content (AvgIpc) is 2.41. The highest BCUT2D eigenvalue weighted by molar-refractivity contribution is 6.42. The van der Waals surface area contributed by atoms with E-state index in [1.54, 1.807) is 23.1 Å². The molecule has 0 saturated carbocycles. The summed E-state index contributed by atoms with van der Waals surface area (Å²) in [6.07, 6.45) is 3.23. The van der Waals surface area contributed by atoms with E-state index in [9.17, 15) is 4.79 Å². The summed E-state index contributed by atoms with van der Waals surface area (Å²) in [6, 6.07) is 4.69. The van der Waals surface area contributed by atoms with Crippen LogP contribution in [0.15, 0.2) is 18.2 Å². The van der Waals surface area contributed by atoms with Crippen LogP contribution in [0.1, 0.15) is 19.3 Å². The molecule has 2 amide bonds. The maximum absolute atomic E-state index is 12.1. The van der Waals surface area contributed by atoms with Crippen LogP contribution in [0.25, 0.3) is 0 Å². The molecule has 0 spiro atoms. The maximum atomic E-state index is 12.1. The fourth-order valence-electron chi connectivity index (χ4n) is 1.98. The Morgan fingerprint density at radius 3 is 2.44 bits per heavy atom. The number of nitrogens with zero attached hydrogens (tertiary/aromatic N) is 2. The normalized spacial score (nSPS) is 15.6. The number of halogens is 2. The van der Waals surface area contributed by atoms with Gasteiger partial charge in [-0.3, -0.25) is 0 Å². The third-order valence-corrected chi connectivity index (χ3v) is 3.75. The van der Waals surface area contributed by atoms with E-state index >= 15 is 0 Å². The number of hydrazine groups is 1. The molecule has 1 aliphatic heterocycles. The monoisotopic (exact) mass is 287 g/mol. The van der Waals surface area contributed by atoms with Crippen LogP contribution in [0.5, 0.6) is 0 Å². The summed E-state index contributed by atoms with van der Waals surface area (Å²) in [5.74, 6) is 5.83. The van der Waals surface area contributed by atoms with Crippen LogP contribution in [-0.4, -0.2) is 24.0 Å². The molecule has 0 radical (unpaired) electrons. The fraction of sp³-hybridized carbons (Fsp3) is 0.417. The molecule has 1 saturated heterocycles. The van der Waals surface area contributed by atoms with Gasteiger partial charge in [-0.1, -0.05) is 23.2 Å². The van der Waals surface area contributed by atoms with Crippen LogP contribution < -0.4 is 10.9 Å². The highest BCUT2D eigenvalue weighted by atomic mass is 35.5. The maximum Gasteiger partial charge on any atom is 0.338 e. The molecule has 0 atom stereocenters. The highest BCUT2D eigenvalue weighted by Crippen LogP contribution is 2.26.